The molecule has 1 fully saturated rings. The minimum Gasteiger partial charge on any atom is -0.347 e. The van der Waals surface area contributed by atoms with Crippen molar-refractivity contribution in [1.82, 2.24) is 14.9 Å². The number of pyridine rings is 2. The third kappa shape index (κ3) is 5.22. The van der Waals surface area contributed by atoms with Gasteiger partial charge in [-0.1, -0.05) is 12.1 Å². The molecule has 2 amide bonds. The average molecular weight is 497 g/mol. The van der Waals surface area contributed by atoms with E-state index in [4.69, 9.17) is 4.74 Å². The lowest BCUT2D eigenvalue weighted by Crippen LogP contribution is -2.43. The Bertz CT molecular complexity index is 1360. The van der Waals surface area contributed by atoms with Crippen LogP contribution in [0.25, 0.3) is 0 Å². The fourth-order valence-corrected chi connectivity index (χ4v) is 4.92. The average Bonchev–Trinajstić information content (AvgIpc) is 3.62. The maximum absolute atomic E-state index is 13.2. The van der Waals surface area contributed by atoms with Crippen LogP contribution < -0.4 is 10.6 Å². The Balaban J connectivity index is 1.22. The van der Waals surface area contributed by atoms with Gasteiger partial charge in [0.05, 0.1) is 0 Å². The van der Waals surface area contributed by atoms with E-state index in [-0.39, 0.29) is 30.7 Å². The van der Waals surface area contributed by atoms with E-state index in [1.165, 1.54) is 10.5 Å². The topological polar surface area (TPSA) is 112 Å². The highest BCUT2D eigenvalue weighted by atomic mass is 16.6. The van der Waals surface area contributed by atoms with Gasteiger partial charge in [0.2, 0.25) is 11.8 Å². The smallest absolute Gasteiger partial charge is 0.244 e. The van der Waals surface area contributed by atoms with Crippen LogP contribution in [-0.2, 0) is 27.2 Å². The summed E-state index contributed by atoms with van der Waals surface area (Å²) >= 11 is 0. The quantitative estimate of drug-likeness (QED) is 0.537. The Labute approximate surface area is 215 Å². The monoisotopic (exact) mass is 496 g/mol. The van der Waals surface area contributed by atoms with E-state index in [1.54, 1.807) is 24.7 Å². The zero-order chi connectivity index (χ0) is 25.2. The minimum atomic E-state index is -0.273. The molecule has 3 aliphatic heterocycles. The van der Waals surface area contributed by atoms with Crippen LogP contribution in [0.2, 0.25) is 0 Å². The van der Waals surface area contributed by atoms with E-state index in [9.17, 15) is 9.59 Å². The van der Waals surface area contributed by atoms with Gasteiger partial charge in [-0.2, -0.15) is 0 Å². The molecule has 2 N–H and O–H groups in total. The van der Waals surface area contributed by atoms with E-state index >= 15 is 0 Å². The van der Waals surface area contributed by atoms with Gasteiger partial charge in [0.1, 0.15) is 24.3 Å². The first-order valence-electron chi connectivity index (χ1n) is 12.7. The van der Waals surface area contributed by atoms with E-state index in [1.807, 2.05) is 30.3 Å². The Morgan fingerprint density at radius 3 is 2.92 bits per heavy atom. The van der Waals surface area contributed by atoms with Crippen molar-refractivity contribution in [2.45, 2.75) is 44.4 Å². The zero-order valence-corrected chi connectivity index (χ0v) is 20.4. The molecule has 0 spiro atoms. The molecule has 2 unspecified atom stereocenters. The third-order valence-corrected chi connectivity index (χ3v) is 6.88. The van der Waals surface area contributed by atoms with Crippen molar-refractivity contribution in [2.24, 2.45) is 4.99 Å². The maximum atomic E-state index is 13.2. The molecule has 37 heavy (non-hydrogen) atoms. The number of aromatic nitrogens is 2. The molecule has 3 aromatic rings. The SMILES string of the molecule is O=C(CN1C(=O)CCCCN=C1c1cccnc1)Nc1ccc2c(c1)CC1OC1Nc1ncccc1C2. The predicted octanol–water partition coefficient (Wildman–Crippen LogP) is 3.16. The number of ether oxygens (including phenoxy) is 1. The molecule has 2 aromatic heterocycles. The molecule has 1 saturated heterocycles. The van der Waals surface area contributed by atoms with E-state index < -0.39 is 0 Å². The second-order valence-corrected chi connectivity index (χ2v) is 9.55. The molecule has 5 heterocycles. The molecule has 1 aromatic carbocycles. The van der Waals surface area contributed by atoms with Gasteiger partial charge in [-0.3, -0.25) is 24.5 Å². The van der Waals surface area contributed by atoms with Gasteiger partial charge in [-0.15, -0.1) is 0 Å². The number of benzene rings is 1. The molecule has 6 rings (SSSR count). The number of carbonyl (C=O) groups excluding carboxylic acids is 2. The molecule has 0 aliphatic carbocycles. The Morgan fingerprint density at radius 1 is 1.11 bits per heavy atom. The van der Waals surface area contributed by atoms with Crippen LogP contribution in [0.5, 0.6) is 0 Å². The minimum absolute atomic E-state index is 0.0545. The molecular formula is C28H28N6O3. The number of hydrogen-bond donors (Lipinski definition) is 2. The first kappa shape index (κ1) is 23.3. The number of hydrogen-bond acceptors (Lipinski definition) is 7. The molecular weight excluding hydrogens is 468 g/mol. The van der Waals surface area contributed by atoms with Crippen molar-refractivity contribution < 1.29 is 14.3 Å². The number of rotatable bonds is 4. The summed E-state index contributed by atoms with van der Waals surface area (Å²) in [5, 5.41) is 6.37. The number of fused-ring (bicyclic) bond motifs is 3. The highest BCUT2D eigenvalue weighted by molar-refractivity contribution is 6.10. The largest absolute Gasteiger partial charge is 0.347 e. The number of epoxide rings is 1. The van der Waals surface area contributed by atoms with Gasteiger partial charge in [-0.25, -0.2) is 4.98 Å². The second-order valence-electron chi connectivity index (χ2n) is 9.55. The predicted molar refractivity (Wildman–Crippen MR) is 139 cm³/mol. The van der Waals surface area contributed by atoms with Gasteiger partial charge in [0, 0.05) is 55.6 Å². The molecule has 9 nitrogen and oxygen atoms in total. The van der Waals surface area contributed by atoms with Gasteiger partial charge in [0.15, 0.2) is 6.23 Å². The second kappa shape index (κ2) is 10.1. The lowest BCUT2D eigenvalue weighted by Gasteiger charge is -2.25. The van der Waals surface area contributed by atoms with Gasteiger partial charge >= 0.3 is 0 Å². The fourth-order valence-electron chi connectivity index (χ4n) is 4.92. The van der Waals surface area contributed by atoms with Crippen LogP contribution in [-0.4, -0.2) is 57.9 Å². The number of aliphatic imine (C=N–C) groups is 1. The summed E-state index contributed by atoms with van der Waals surface area (Å²) in [6.07, 6.45) is 8.60. The first-order chi connectivity index (χ1) is 18.1. The number of nitrogens with zero attached hydrogens (tertiary/aromatic N) is 4. The third-order valence-electron chi connectivity index (χ3n) is 6.88. The lowest BCUT2D eigenvalue weighted by molar-refractivity contribution is -0.130. The number of anilines is 2. The lowest BCUT2D eigenvalue weighted by atomic mass is 9.97. The summed E-state index contributed by atoms with van der Waals surface area (Å²) in [7, 11) is 0. The number of nitrogens with one attached hydrogen (secondary N) is 2. The highest BCUT2D eigenvalue weighted by Crippen LogP contribution is 2.33. The number of carbonyl (C=O) groups is 2. The summed E-state index contributed by atoms with van der Waals surface area (Å²) in [6.45, 7) is 0.499. The summed E-state index contributed by atoms with van der Waals surface area (Å²) in [5.74, 6) is 0.970. The number of amides is 2. The van der Waals surface area contributed by atoms with E-state index in [0.717, 1.165) is 48.2 Å². The first-order valence-corrected chi connectivity index (χ1v) is 12.7. The van der Waals surface area contributed by atoms with E-state index in [0.29, 0.717) is 24.5 Å². The van der Waals surface area contributed by atoms with Crippen molar-refractivity contribution >= 4 is 29.2 Å². The van der Waals surface area contributed by atoms with Gasteiger partial charge < -0.3 is 15.4 Å². The molecule has 2 atom stereocenters. The van der Waals surface area contributed by atoms with Crippen LogP contribution in [0, 0.1) is 0 Å². The van der Waals surface area contributed by atoms with Crippen LogP contribution in [0.15, 0.2) is 66.0 Å². The summed E-state index contributed by atoms with van der Waals surface area (Å²) in [5.41, 5.74) is 4.83. The molecule has 9 heteroatoms. The van der Waals surface area contributed by atoms with Gasteiger partial charge in [0.25, 0.3) is 0 Å². The summed E-state index contributed by atoms with van der Waals surface area (Å²) in [4.78, 5) is 40.9. The van der Waals surface area contributed by atoms with Crippen LogP contribution in [0.1, 0.15) is 41.5 Å². The molecule has 0 bridgehead atoms. The Kier molecular flexibility index (Phi) is 6.36. The van der Waals surface area contributed by atoms with Crippen molar-refractivity contribution in [2.75, 3.05) is 23.7 Å². The van der Waals surface area contributed by atoms with Crippen LogP contribution >= 0.6 is 0 Å². The molecule has 0 radical (unpaired) electrons. The van der Waals surface area contributed by atoms with Crippen LogP contribution in [0.3, 0.4) is 0 Å². The zero-order valence-electron chi connectivity index (χ0n) is 20.4. The highest BCUT2D eigenvalue weighted by Gasteiger charge is 2.40. The summed E-state index contributed by atoms with van der Waals surface area (Å²) < 4.78 is 5.82. The van der Waals surface area contributed by atoms with Crippen molar-refractivity contribution in [1.29, 1.82) is 0 Å². The molecule has 188 valence electrons. The normalized spacial score (nSPS) is 20.8. The van der Waals surface area contributed by atoms with Crippen LogP contribution in [0.4, 0.5) is 11.5 Å². The van der Waals surface area contributed by atoms with Gasteiger partial charge in [-0.05, 0) is 59.9 Å². The van der Waals surface area contributed by atoms with Crippen molar-refractivity contribution in [3.63, 3.8) is 0 Å². The Morgan fingerprint density at radius 2 is 2.03 bits per heavy atom. The number of amidine groups is 1. The Hall–Kier alpha value is -4.11. The fraction of sp³-hybridized carbons (Fsp3) is 0.321. The maximum Gasteiger partial charge on any atom is 0.244 e. The molecule has 3 aliphatic rings. The molecule has 0 saturated carbocycles. The van der Waals surface area contributed by atoms with E-state index in [2.05, 4.69) is 31.7 Å². The van der Waals surface area contributed by atoms with Crippen molar-refractivity contribution in [3.05, 3.63) is 83.3 Å². The standard InChI is InChI=1S/C28H28N6O3/c35-24(17-34-25(36)7-1-2-11-31-27(34)20-6-3-10-29-16-20)32-22-9-8-18-13-19-5-4-12-30-26(19)33-28-23(37-28)15-21(18)14-22/h3-6,8-10,12,14,16,23,28H,1-2,7,11,13,15,17H2,(H,30,33)(H,32,35). The summed E-state index contributed by atoms with van der Waals surface area (Å²) in [6, 6.07) is 13.6. The van der Waals surface area contributed by atoms with Crippen molar-refractivity contribution in [3.8, 4) is 0 Å².